The van der Waals surface area contributed by atoms with Crippen molar-refractivity contribution in [1.82, 2.24) is 0 Å². The molecule has 1 aliphatic rings. The number of rotatable bonds is 2. The van der Waals surface area contributed by atoms with Crippen LogP contribution in [0.1, 0.15) is 55.8 Å². The van der Waals surface area contributed by atoms with Crippen LogP contribution in [0.25, 0.3) is 0 Å². The zero-order chi connectivity index (χ0) is 13.5. The molecule has 2 rings (SSSR count). The van der Waals surface area contributed by atoms with Gasteiger partial charge in [0, 0.05) is 11.1 Å². The van der Waals surface area contributed by atoms with E-state index in [1.807, 2.05) is 6.07 Å². The van der Waals surface area contributed by atoms with Crippen LogP contribution in [0.15, 0.2) is 12.1 Å². The van der Waals surface area contributed by atoms with Crippen molar-refractivity contribution in [1.29, 1.82) is 0 Å². The van der Waals surface area contributed by atoms with Gasteiger partial charge in [-0.05, 0) is 60.8 Å². The normalized spacial score (nSPS) is 24.2. The van der Waals surface area contributed by atoms with Crippen molar-refractivity contribution < 1.29 is 0 Å². The zero-order valence-corrected chi connectivity index (χ0v) is 12.6. The third-order valence-corrected chi connectivity index (χ3v) is 5.09. The van der Waals surface area contributed by atoms with Crippen molar-refractivity contribution >= 4 is 11.6 Å². The van der Waals surface area contributed by atoms with E-state index >= 15 is 0 Å². The van der Waals surface area contributed by atoms with Crippen LogP contribution in [-0.4, -0.2) is 0 Å². The Labute approximate surface area is 116 Å². The zero-order valence-electron chi connectivity index (χ0n) is 11.9. The molecule has 18 heavy (non-hydrogen) atoms. The first kappa shape index (κ1) is 13.9. The minimum Gasteiger partial charge on any atom is -0.324 e. The number of hydrogen-bond acceptors (Lipinski definition) is 1. The molecule has 1 fully saturated rings. The SMILES string of the molecule is Cc1cc(C(N)C2CCCC2(C)C)c(C)cc1Cl. The number of benzene rings is 1. The van der Waals surface area contributed by atoms with Crippen molar-refractivity contribution in [2.24, 2.45) is 17.1 Å². The fourth-order valence-electron chi connectivity index (χ4n) is 3.40. The molecule has 0 amide bonds. The van der Waals surface area contributed by atoms with Crippen LogP contribution in [0, 0.1) is 25.2 Å². The van der Waals surface area contributed by atoms with Crippen molar-refractivity contribution in [2.75, 3.05) is 0 Å². The molecular weight excluding hydrogens is 242 g/mol. The molecule has 2 atom stereocenters. The Morgan fingerprint density at radius 1 is 1.28 bits per heavy atom. The monoisotopic (exact) mass is 265 g/mol. The van der Waals surface area contributed by atoms with Gasteiger partial charge in [-0.2, -0.15) is 0 Å². The third kappa shape index (κ3) is 2.44. The quantitative estimate of drug-likeness (QED) is 0.818. The molecule has 1 aromatic carbocycles. The summed E-state index contributed by atoms with van der Waals surface area (Å²) in [6.45, 7) is 8.87. The fraction of sp³-hybridized carbons (Fsp3) is 0.625. The van der Waals surface area contributed by atoms with E-state index in [4.69, 9.17) is 17.3 Å². The van der Waals surface area contributed by atoms with E-state index in [9.17, 15) is 0 Å². The third-order valence-electron chi connectivity index (χ3n) is 4.68. The van der Waals surface area contributed by atoms with Gasteiger partial charge < -0.3 is 5.73 Å². The molecule has 0 aromatic heterocycles. The first-order valence-electron chi connectivity index (χ1n) is 6.85. The first-order valence-corrected chi connectivity index (χ1v) is 7.23. The molecule has 0 bridgehead atoms. The number of hydrogen-bond donors (Lipinski definition) is 1. The van der Waals surface area contributed by atoms with Crippen LogP contribution in [0.5, 0.6) is 0 Å². The topological polar surface area (TPSA) is 26.0 Å². The molecule has 0 radical (unpaired) electrons. The highest BCUT2D eigenvalue weighted by Crippen LogP contribution is 2.48. The second kappa shape index (κ2) is 4.86. The van der Waals surface area contributed by atoms with E-state index in [0.717, 1.165) is 10.6 Å². The van der Waals surface area contributed by atoms with E-state index < -0.39 is 0 Å². The summed E-state index contributed by atoms with van der Waals surface area (Å²) in [5.41, 5.74) is 10.5. The Morgan fingerprint density at radius 2 is 1.94 bits per heavy atom. The van der Waals surface area contributed by atoms with E-state index in [2.05, 4.69) is 33.8 Å². The largest absolute Gasteiger partial charge is 0.324 e. The molecule has 2 heteroatoms. The molecule has 100 valence electrons. The highest BCUT2D eigenvalue weighted by Gasteiger charge is 2.39. The maximum absolute atomic E-state index is 6.55. The summed E-state index contributed by atoms with van der Waals surface area (Å²) in [7, 11) is 0. The van der Waals surface area contributed by atoms with Gasteiger partial charge in [0.2, 0.25) is 0 Å². The Morgan fingerprint density at radius 3 is 2.50 bits per heavy atom. The molecule has 0 spiro atoms. The van der Waals surface area contributed by atoms with Gasteiger partial charge in [0.15, 0.2) is 0 Å². The lowest BCUT2D eigenvalue weighted by Gasteiger charge is -2.33. The summed E-state index contributed by atoms with van der Waals surface area (Å²) >= 11 is 6.17. The Hall–Kier alpha value is -0.530. The predicted octanol–water partition coefficient (Wildman–Crippen LogP) is 4.78. The van der Waals surface area contributed by atoms with Gasteiger partial charge in [-0.3, -0.25) is 0 Å². The average Bonchev–Trinajstić information content (AvgIpc) is 2.62. The molecule has 0 saturated heterocycles. The molecule has 1 aromatic rings. The molecule has 2 unspecified atom stereocenters. The van der Waals surface area contributed by atoms with Gasteiger partial charge in [0.25, 0.3) is 0 Å². The van der Waals surface area contributed by atoms with E-state index in [0.29, 0.717) is 11.3 Å². The standard InChI is InChI=1S/C16H24ClN/c1-10-9-14(17)11(2)8-12(10)15(18)13-6-5-7-16(13,3)4/h8-9,13,15H,5-7,18H2,1-4H3. The van der Waals surface area contributed by atoms with Crippen LogP contribution in [0.4, 0.5) is 0 Å². The van der Waals surface area contributed by atoms with Crippen LogP contribution in [0.2, 0.25) is 5.02 Å². The lowest BCUT2D eigenvalue weighted by molar-refractivity contribution is 0.222. The summed E-state index contributed by atoms with van der Waals surface area (Å²) in [6, 6.07) is 4.36. The van der Waals surface area contributed by atoms with Gasteiger partial charge in [0.05, 0.1) is 0 Å². The van der Waals surface area contributed by atoms with Crippen molar-refractivity contribution in [2.45, 2.75) is 53.0 Å². The van der Waals surface area contributed by atoms with Gasteiger partial charge in [-0.25, -0.2) is 0 Å². The van der Waals surface area contributed by atoms with E-state index in [-0.39, 0.29) is 6.04 Å². The molecular formula is C16H24ClN. The second-order valence-electron chi connectivity index (χ2n) is 6.47. The lowest BCUT2D eigenvalue weighted by Crippen LogP contribution is -2.30. The summed E-state index contributed by atoms with van der Waals surface area (Å²) in [4.78, 5) is 0. The highest BCUT2D eigenvalue weighted by molar-refractivity contribution is 6.31. The fourth-order valence-corrected chi connectivity index (χ4v) is 3.62. The van der Waals surface area contributed by atoms with Crippen LogP contribution < -0.4 is 5.73 Å². The van der Waals surface area contributed by atoms with Crippen LogP contribution in [-0.2, 0) is 0 Å². The predicted molar refractivity (Wildman–Crippen MR) is 79.0 cm³/mol. The Bertz CT molecular complexity index is 451. The number of halogens is 1. The van der Waals surface area contributed by atoms with Crippen LogP contribution in [0.3, 0.4) is 0 Å². The minimum absolute atomic E-state index is 0.137. The van der Waals surface area contributed by atoms with Gasteiger partial charge in [0.1, 0.15) is 0 Å². The molecule has 1 saturated carbocycles. The summed E-state index contributed by atoms with van der Waals surface area (Å²) in [5.74, 6) is 0.580. The van der Waals surface area contributed by atoms with Crippen LogP contribution >= 0.6 is 11.6 Å². The van der Waals surface area contributed by atoms with Gasteiger partial charge in [-0.15, -0.1) is 0 Å². The van der Waals surface area contributed by atoms with Gasteiger partial charge in [-0.1, -0.05) is 37.9 Å². The Balaban J connectivity index is 2.34. The Kier molecular flexibility index (Phi) is 3.75. The highest BCUT2D eigenvalue weighted by atomic mass is 35.5. The minimum atomic E-state index is 0.137. The molecule has 1 nitrogen and oxygen atoms in total. The maximum Gasteiger partial charge on any atom is 0.0438 e. The summed E-state index contributed by atoms with van der Waals surface area (Å²) in [6.07, 6.45) is 3.84. The van der Waals surface area contributed by atoms with Crippen molar-refractivity contribution in [3.63, 3.8) is 0 Å². The van der Waals surface area contributed by atoms with E-state index in [1.54, 1.807) is 0 Å². The molecule has 0 aliphatic heterocycles. The van der Waals surface area contributed by atoms with Crippen molar-refractivity contribution in [3.8, 4) is 0 Å². The maximum atomic E-state index is 6.55. The molecule has 2 N–H and O–H groups in total. The summed E-state index contributed by atoms with van der Waals surface area (Å²) in [5, 5.41) is 0.842. The van der Waals surface area contributed by atoms with E-state index in [1.165, 1.54) is 30.4 Å². The first-order chi connectivity index (χ1) is 8.33. The molecule has 1 aliphatic carbocycles. The number of aryl methyl sites for hydroxylation is 2. The van der Waals surface area contributed by atoms with Crippen molar-refractivity contribution in [3.05, 3.63) is 33.8 Å². The van der Waals surface area contributed by atoms with Gasteiger partial charge >= 0.3 is 0 Å². The molecule has 0 heterocycles. The second-order valence-corrected chi connectivity index (χ2v) is 6.88. The average molecular weight is 266 g/mol. The number of nitrogens with two attached hydrogens (primary N) is 1. The summed E-state index contributed by atoms with van der Waals surface area (Å²) < 4.78 is 0. The smallest absolute Gasteiger partial charge is 0.0438 e. The lowest BCUT2D eigenvalue weighted by atomic mass is 9.75.